The fourth-order valence-electron chi connectivity index (χ4n) is 8.21. The molecule has 5 rings (SSSR count). The average molecular weight is 377 g/mol. The first kappa shape index (κ1) is 18.7. The number of benzene rings is 1. The van der Waals surface area contributed by atoms with Crippen molar-refractivity contribution >= 4 is 0 Å². The highest BCUT2D eigenvalue weighted by atomic mass is 16.3. The molecule has 4 aliphatic rings. The summed E-state index contributed by atoms with van der Waals surface area (Å²) in [4.78, 5) is 0. The minimum absolute atomic E-state index is 0.0339. The largest absolute Gasteiger partial charge is 0.377 e. The predicted molar refractivity (Wildman–Crippen MR) is 115 cm³/mol. The normalized spacial score (nSPS) is 47.2. The Morgan fingerprint density at radius 2 is 1.64 bits per heavy atom. The van der Waals surface area contributed by atoms with Crippen LogP contribution in [-0.2, 0) is 0 Å². The Bertz CT molecular complexity index is 787. The molecule has 0 aromatic heterocycles. The van der Waals surface area contributed by atoms with Crippen molar-refractivity contribution < 1.29 is 5.11 Å². The second-order valence-corrected chi connectivity index (χ2v) is 10.9. The van der Waals surface area contributed by atoms with Crippen molar-refractivity contribution in [3.63, 3.8) is 0 Å². The van der Waals surface area contributed by atoms with E-state index in [1.54, 1.807) is 0 Å². The molecule has 4 aliphatic carbocycles. The molecule has 0 spiro atoms. The van der Waals surface area contributed by atoms with Crippen LogP contribution in [0.15, 0.2) is 30.3 Å². The van der Waals surface area contributed by atoms with Crippen molar-refractivity contribution in [2.75, 3.05) is 0 Å². The second-order valence-electron chi connectivity index (χ2n) is 10.9. The van der Waals surface area contributed by atoms with E-state index in [4.69, 9.17) is 0 Å². The van der Waals surface area contributed by atoms with Gasteiger partial charge in [0, 0.05) is 11.0 Å². The van der Waals surface area contributed by atoms with E-state index in [9.17, 15) is 5.11 Å². The fourth-order valence-corrected chi connectivity index (χ4v) is 8.21. The molecule has 1 heteroatoms. The number of rotatable bonds is 0. The van der Waals surface area contributed by atoms with Crippen LogP contribution in [0.25, 0.3) is 0 Å². The standard InChI is InChI=1S/C27H36O/c1-25-16-7-6-10-21(25)11-12-22-23(25)14-17-26(2)24(22)15-19-27(26,28)18-13-20-8-4-3-5-9-20/h3-5,8-9,21-24,28H,6-7,10-12,14-17,19H2,1-2H3/t21-,22-,23-,24+,25+,26-,27+/m0/s1. The zero-order valence-corrected chi connectivity index (χ0v) is 17.7. The Hall–Kier alpha value is -1.26. The van der Waals surface area contributed by atoms with Gasteiger partial charge in [-0.25, -0.2) is 0 Å². The maximum Gasteiger partial charge on any atom is 0.131 e. The lowest BCUT2D eigenvalue weighted by Gasteiger charge is -2.60. The van der Waals surface area contributed by atoms with Crippen molar-refractivity contribution in [3.05, 3.63) is 35.9 Å². The summed E-state index contributed by atoms with van der Waals surface area (Å²) in [5.41, 5.74) is 0.738. The van der Waals surface area contributed by atoms with E-state index in [-0.39, 0.29) is 5.41 Å². The zero-order valence-electron chi connectivity index (χ0n) is 17.7. The Balaban J connectivity index is 1.43. The van der Waals surface area contributed by atoms with Gasteiger partial charge in [0.1, 0.15) is 5.60 Å². The van der Waals surface area contributed by atoms with Crippen LogP contribution < -0.4 is 0 Å². The molecule has 0 bridgehead atoms. The van der Waals surface area contributed by atoms with Gasteiger partial charge in [-0.2, -0.15) is 0 Å². The molecule has 4 saturated carbocycles. The fraction of sp³-hybridized carbons (Fsp3) is 0.704. The summed E-state index contributed by atoms with van der Waals surface area (Å²) in [6.07, 6.45) is 13.1. The molecule has 1 N–H and O–H groups in total. The maximum absolute atomic E-state index is 11.7. The van der Waals surface area contributed by atoms with Gasteiger partial charge < -0.3 is 5.11 Å². The average Bonchev–Trinajstić information content (AvgIpc) is 2.98. The number of hydrogen-bond acceptors (Lipinski definition) is 1. The highest BCUT2D eigenvalue weighted by Crippen LogP contribution is 2.68. The van der Waals surface area contributed by atoms with Gasteiger partial charge in [0.2, 0.25) is 0 Å². The Kier molecular flexibility index (Phi) is 4.44. The minimum atomic E-state index is -0.817. The van der Waals surface area contributed by atoms with Crippen LogP contribution in [0.5, 0.6) is 0 Å². The van der Waals surface area contributed by atoms with Gasteiger partial charge in [-0.3, -0.25) is 0 Å². The number of hydrogen-bond donors (Lipinski definition) is 1. The molecule has 150 valence electrons. The highest BCUT2D eigenvalue weighted by molar-refractivity contribution is 5.38. The van der Waals surface area contributed by atoms with Gasteiger partial charge in [0.05, 0.1) is 0 Å². The van der Waals surface area contributed by atoms with E-state index < -0.39 is 5.60 Å². The first-order valence-corrected chi connectivity index (χ1v) is 11.8. The predicted octanol–water partition coefficient (Wildman–Crippen LogP) is 6.20. The summed E-state index contributed by atoms with van der Waals surface area (Å²) in [6.45, 7) is 5.00. The van der Waals surface area contributed by atoms with Crippen molar-refractivity contribution in [1.29, 1.82) is 0 Å². The maximum atomic E-state index is 11.7. The molecular formula is C27H36O. The molecule has 1 aromatic carbocycles. The molecule has 28 heavy (non-hydrogen) atoms. The molecule has 0 unspecified atom stereocenters. The van der Waals surface area contributed by atoms with E-state index in [0.717, 1.165) is 36.2 Å². The molecule has 0 aliphatic heterocycles. The van der Waals surface area contributed by atoms with Crippen LogP contribution >= 0.6 is 0 Å². The lowest BCUT2D eigenvalue weighted by atomic mass is 9.44. The van der Waals surface area contributed by atoms with Gasteiger partial charge in [0.25, 0.3) is 0 Å². The van der Waals surface area contributed by atoms with Crippen LogP contribution in [0.4, 0.5) is 0 Å². The monoisotopic (exact) mass is 376 g/mol. The summed E-state index contributed by atoms with van der Waals surface area (Å²) < 4.78 is 0. The molecule has 1 nitrogen and oxygen atoms in total. The van der Waals surface area contributed by atoms with E-state index in [1.807, 2.05) is 30.3 Å². The van der Waals surface area contributed by atoms with Gasteiger partial charge in [-0.05, 0) is 92.6 Å². The molecule has 0 saturated heterocycles. The third-order valence-corrected chi connectivity index (χ3v) is 9.92. The summed E-state index contributed by atoms with van der Waals surface area (Å²) in [5, 5.41) is 11.7. The summed E-state index contributed by atoms with van der Waals surface area (Å²) in [7, 11) is 0. The highest BCUT2D eigenvalue weighted by Gasteiger charge is 2.64. The Morgan fingerprint density at radius 3 is 2.46 bits per heavy atom. The van der Waals surface area contributed by atoms with Gasteiger partial charge in [-0.1, -0.05) is 56.7 Å². The van der Waals surface area contributed by atoms with Crippen LogP contribution in [0, 0.1) is 46.3 Å². The Labute approximate surface area is 171 Å². The molecule has 7 atom stereocenters. The molecule has 0 heterocycles. The van der Waals surface area contributed by atoms with Crippen molar-refractivity contribution in [1.82, 2.24) is 0 Å². The quantitative estimate of drug-likeness (QED) is 0.534. The molecular weight excluding hydrogens is 340 g/mol. The third-order valence-electron chi connectivity index (χ3n) is 9.92. The second kappa shape index (κ2) is 6.63. The van der Waals surface area contributed by atoms with Crippen LogP contribution in [-0.4, -0.2) is 10.7 Å². The first-order valence-electron chi connectivity index (χ1n) is 11.8. The van der Waals surface area contributed by atoms with Crippen LogP contribution in [0.2, 0.25) is 0 Å². The van der Waals surface area contributed by atoms with E-state index >= 15 is 0 Å². The van der Waals surface area contributed by atoms with Crippen molar-refractivity contribution in [2.24, 2.45) is 34.5 Å². The number of fused-ring (bicyclic) bond motifs is 5. The van der Waals surface area contributed by atoms with Crippen molar-refractivity contribution in [3.8, 4) is 11.8 Å². The summed E-state index contributed by atoms with van der Waals surface area (Å²) >= 11 is 0. The zero-order chi connectivity index (χ0) is 19.4. The lowest BCUT2D eigenvalue weighted by molar-refractivity contribution is -0.134. The van der Waals surface area contributed by atoms with Gasteiger partial charge >= 0.3 is 0 Å². The van der Waals surface area contributed by atoms with Crippen LogP contribution in [0.3, 0.4) is 0 Å². The lowest BCUT2D eigenvalue weighted by Crippen LogP contribution is -2.55. The topological polar surface area (TPSA) is 20.2 Å². The minimum Gasteiger partial charge on any atom is -0.377 e. The smallest absolute Gasteiger partial charge is 0.131 e. The summed E-state index contributed by atoms with van der Waals surface area (Å²) in [5.74, 6) is 10.0. The molecule has 0 amide bonds. The molecule has 4 fully saturated rings. The SMILES string of the molecule is C[C@@]12CCCC[C@H]1CC[C@@H]1[C@H]3CC[C@](O)(C#Cc4ccccc4)[C@@]3(C)CC[C@@H]12. The van der Waals surface area contributed by atoms with Crippen LogP contribution in [0.1, 0.15) is 83.6 Å². The van der Waals surface area contributed by atoms with Gasteiger partial charge in [0.15, 0.2) is 0 Å². The van der Waals surface area contributed by atoms with Crippen molar-refractivity contribution in [2.45, 2.75) is 83.7 Å². The molecule has 0 radical (unpaired) electrons. The Morgan fingerprint density at radius 1 is 0.857 bits per heavy atom. The van der Waals surface area contributed by atoms with E-state index in [2.05, 4.69) is 25.7 Å². The van der Waals surface area contributed by atoms with Gasteiger partial charge in [-0.15, -0.1) is 0 Å². The number of aliphatic hydroxyl groups is 1. The summed E-state index contributed by atoms with van der Waals surface area (Å²) in [6, 6.07) is 10.2. The van der Waals surface area contributed by atoms with E-state index in [1.165, 1.54) is 51.4 Å². The molecule has 1 aromatic rings. The first-order chi connectivity index (χ1) is 13.5. The third kappa shape index (κ3) is 2.64. The van der Waals surface area contributed by atoms with E-state index in [0.29, 0.717) is 11.3 Å².